The molecule has 3 aromatic rings. The number of esters is 1. The smallest absolute Gasteiger partial charge is 0.342 e. The summed E-state index contributed by atoms with van der Waals surface area (Å²) in [5.41, 5.74) is 1.49. The number of nitrogens with zero attached hydrogens (tertiary/aromatic N) is 4. The molecule has 2 aromatic carbocycles. The second-order valence-corrected chi connectivity index (χ2v) is 9.64. The Hall–Kier alpha value is -4.71. The number of anilines is 1. The van der Waals surface area contributed by atoms with Crippen molar-refractivity contribution in [2.24, 2.45) is 0 Å². The molecule has 0 radical (unpaired) electrons. The molecule has 0 spiro atoms. The van der Waals surface area contributed by atoms with Crippen molar-refractivity contribution in [2.45, 2.75) is 19.9 Å². The predicted molar refractivity (Wildman–Crippen MR) is 155 cm³/mol. The lowest BCUT2D eigenvalue weighted by atomic mass is 10.1. The molecule has 222 valence electrons. The van der Waals surface area contributed by atoms with E-state index < -0.39 is 11.9 Å². The fourth-order valence-electron chi connectivity index (χ4n) is 4.66. The first-order valence-electron chi connectivity index (χ1n) is 13.5. The molecule has 1 saturated heterocycles. The topological polar surface area (TPSA) is 132 Å². The molecule has 4 rings (SSSR count). The highest BCUT2D eigenvalue weighted by molar-refractivity contribution is 6.05. The molecule has 12 heteroatoms. The van der Waals surface area contributed by atoms with E-state index in [0.29, 0.717) is 34.3 Å². The van der Waals surface area contributed by atoms with Gasteiger partial charge in [-0.2, -0.15) is 0 Å². The molecule has 1 unspecified atom stereocenters. The first-order valence-corrected chi connectivity index (χ1v) is 13.5. The number of aromatic nitrogens is 2. The SMILES string of the molecule is COCCOC(=O)c1c(C)nc(-c2ccccc2)nc1C(=O)N1CCN(C(=O)Nc2ccc(OC)cc2OC)C(C)C1. The molecule has 3 amide bonds. The van der Waals surface area contributed by atoms with Crippen molar-refractivity contribution in [3.8, 4) is 22.9 Å². The fourth-order valence-corrected chi connectivity index (χ4v) is 4.66. The van der Waals surface area contributed by atoms with E-state index >= 15 is 0 Å². The van der Waals surface area contributed by atoms with Crippen LogP contribution in [-0.4, -0.2) is 97.9 Å². The zero-order chi connectivity index (χ0) is 30.2. The van der Waals surface area contributed by atoms with Gasteiger partial charge in [0.15, 0.2) is 5.82 Å². The Kier molecular flexibility index (Phi) is 9.92. The van der Waals surface area contributed by atoms with E-state index in [1.165, 1.54) is 14.2 Å². The van der Waals surface area contributed by atoms with Gasteiger partial charge in [0.05, 0.1) is 32.2 Å². The van der Waals surface area contributed by atoms with Crippen LogP contribution in [0.15, 0.2) is 48.5 Å². The first-order chi connectivity index (χ1) is 20.3. The van der Waals surface area contributed by atoms with Gasteiger partial charge in [-0.3, -0.25) is 4.79 Å². The van der Waals surface area contributed by atoms with Gasteiger partial charge >= 0.3 is 12.0 Å². The van der Waals surface area contributed by atoms with Crippen LogP contribution in [0.3, 0.4) is 0 Å². The maximum absolute atomic E-state index is 13.9. The van der Waals surface area contributed by atoms with Crippen LogP contribution in [-0.2, 0) is 9.47 Å². The number of piperazine rings is 1. The molecule has 1 aromatic heterocycles. The molecule has 0 aliphatic carbocycles. The molecular weight excluding hydrogens is 542 g/mol. The second-order valence-electron chi connectivity index (χ2n) is 9.64. The first kappa shape index (κ1) is 30.3. The maximum Gasteiger partial charge on any atom is 0.342 e. The Balaban J connectivity index is 1.55. The molecule has 2 heterocycles. The van der Waals surface area contributed by atoms with E-state index in [9.17, 15) is 14.4 Å². The zero-order valence-corrected chi connectivity index (χ0v) is 24.4. The van der Waals surface area contributed by atoms with Crippen molar-refractivity contribution in [1.82, 2.24) is 19.8 Å². The third-order valence-corrected chi connectivity index (χ3v) is 6.88. The average molecular weight is 578 g/mol. The number of rotatable bonds is 9. The number of ether oxygens (including phenoxy) is 4. The van der Waals surface area contributed by atoms with Crippen molar-refractivity contribution in [3.63, 3.8) is 0 Å². The third-order valence-electron chi connectivity index (χ3n) is 6.88. The van der Waals surface area contributed by atoms with Gasteiger partial charge in [-0.15, -0.1) is 0 Å². The van der Waals surface area contributed by atoms with Crippen LogP contribution in [0.4, 0.5) is 10.5 Å². The summed E-state index contributed by atoms with van der Waals surface area (Å²) < 4.78 is 20.9. The number of hydrogen-bond donors (Lipinski definition) is 1. The molecule has 1 aliphatic rings. The van der Waals surface area contributed by atoms with E-state index in [1.54, 1.807) is 42.0 Å². The highest BCUT2D eigenvalue weighted by Gasteiger charge is 2.34. The number of methoxy groups -OCH3 is 3. The molecule has 1 atom stereocenters. The highest BCUT2D eigenvalue weighted by Crippen LogP contribution is 2.30. The second kappa shape index (κ2) is 13.8. The summed E-state index contributed by atoms with van der Waals surface area (Å²) in [6, 6.07) is 13.7. The summed E-state index contributed by atoms with van der Waals surface area (Å²) in [7, 11) is 4.56. The number of carbonyl (C=O) groups is 3. The molecule has 0 saturated carbocycles. The molecular formula is C30H35N5O7. The normalized spacial score (nSPS) is 14.7. The van der Waals surface area contributed by atoms with Gasteiger partial charge in [0, 0.05) is 44.4 Å². The Morgan fingerprint density at radius 3 is 2.40 bits per heavy atom. The van der Waals surface area contributed by atoms with Crippen LogP contribution < -0.4 is 14.8 Å². The molecule has 1 aliphatic heterocycles. The maximum atomic E-state index is 13.9. The van der Waals surface area contributed by atoms with Crippen LogP contribution >= 0.6 is 0 Å². The summed E-state index contributed by atoms with van der Waals surface area (Å²) >= 11 is 0. The van der Waals surface area contributed by atoms with E-state index in [1.807, 2.05) is 37.3 Å². The van der Waals surface area contributed by atoms with E-state index in [-0.39, 0.29) is 56.2 Å². The monoisotopic (exact) mass is 577 g/mol. The summed E-state index contributed by atoms with van der Waals surface area (Å²) in [5, 5.41) is 2.88. The zero-order valence-electron chi connectivity index (χ0n) is 24.4. The van der Waals surface area contributed by atoms with Crippen LogP contribution in [0, 0.1) is 6.92 Å². The highest BCUT2D eigenvalue weighted by atomic mass is 16.6. The van der Waals surface area contributed by atoms with Crippen LogP contribution in [0.25, 0.3) is 11.4 Å². The number of hydrogen-bond acceptors (Lipinski definition) is 9. The van der Waals surface area contributed by atoms with E-state index in [0.717, 1.165) is 0 Å². The van der Waals surface area contributed by atoms with Crippen molar-refractivity contribution in [3.05, 3.63) is 65.5 Å². The third kappa shape index (κ3) is 6.77. The predicted octanol–water partition coefficient (Wildman–Crippen LogP) is 3.65. The van der Waals surface area contributed by atoms with Gasteiger partial charge in [0.25, 0.3) is 5.91 Å². The number of nitrogens with one attached hydrogen (secondary N) is 1. The lowest BCUT2D eigenvalue weighted by Gasteiger charge is -2.39. The van der Waals surface area contributed by atoms with Crippen molar-refractivity contribution in [1.29, 1.82) is 0 Å². The number of urea groups is 1. The minimum absolute atomic E-state index is 0.00945. The molecule has 1 N–H and O–H groups in total. The molecule has 0 bridgehead atoms. The summed E-state index contributed by atoms with van der Waals surface area (Å²) in [5.74, 6) is 0.238. The Bertz CT molecular complexity index is 1430. The lowest BCUT2D eigenvalue weighted by molar-refractivity contribution is 0.0378. The van der Waals surface area contributed by atoms with E-state index in [4.69, 9.17) is 18.9 Å². The Labute approximate surface area is 244 Å². The standard InChI is InChI=1S/C30H35N5O7/c1-19-18-34(13-14-35(19)30(38)32-23-12-11-22(40-4)17-24(23)41-5)28(36)26-25(29(37)42-16-15-39-3)20(2)31-27(33-26)21-9-7-6-8-10-21/h6-12,17,19H,13-16,18H2,1-5H3,(H,32,38). The summed E-state index contributed by atoms with van der Waals surface area (Å²) in [6.07, 6.45) is 0. The minimum atomic E-state index is -0.702. The number of carbonyl (C=O) groups excluding carboxylic acids is 3. The van der Waals surface area contributed by atoms with Gasteiger partial charge in [0.2, 0.25) is 0 Å². The largest absolute Gasteiger partial charge is 0.497 e. The van der Waals surface area contributed by atoms with Gasteiger partial charge in [-0.25, -0.2) is 19.6 Å². The van der Waals surface area contributed by atoms with Crippen molar-refractivity contribution in [2.75, 3.05) is 59.5 Å². The summed E-state index contributed by atoms with van der Waals surface area (Å²) in [6.45, 7) is 4.46. The van der Waals surface area contributed by atoms with Crippen LogP contribution in [0.1, 0.15) is 33.5 Å². The van der Waals surface area contributed by atoms with Crippen LogP contribution in [0.5, 0.6) is 11.5 Å². The average Bonchev–Trinajstić information content (AvgIpc) is 3.00. The van der Waals surface area contributed by atoms with Gasteiger partial charge < -0.3 is 34.1 Å². The van der Waals surface area contributed by atoms with Crippen LogP contribution in [0.2, 0.25) is 0 Å². The van der Waals surface area contributed by atoms with Crippen molar-refractivity contribution >= 4 is 23.6 Å². The van der Waals surface area contributed by atoms with Gasteiger partial charge in [0.1, 0.15) is 29.4 Å². The van der Waals surface area contributed by atoms with Gasteiger partial charge in [-0.1, -0.05) is 30.3 Å². The lowest BCUT2D eigenvalue weighted by Crippen LogP contribution is -2.56. The summed E-state index contributed by atoms with van der Waals surface area (Å²) in [4.78, 5) is 52.4. The molecule has 42 heavy (non-hydrogen) atoms. The molecule has 12 nitrogen and oxygen atoms in total. The van der Waals surface area contributed by atoms with Gasteiger partial charge in [-0.05, 0) is 26.0 Å². The fraction of sp³-hybridized carbons (Fsp3) is 0.367. The molecule has 1 fully saturated rings. The Morgan fingerprint density at radius 1 is 0.976 bits per heavy atom. The van der Waals surface area contributed by atoms with E-state index in [2.05, 4.69) is 15.3 Å². The Morgan fingerprint density at radius 2 is 1.74 bits per heavy atom. The van der Waals surface area contributed by atoms with Crippen molar-refractivity contribution < 1.29 is 33.3 Å². The number of aryl methyl sites for hydroxylation is 1. The minimum Gasteiger partial charge on any atom is -0.497 e. The number of benzene rings is 2. The quantitative estimate of drug-likeness (QED) is 0.299. The number of amides is 3.